The number of nitrogens with zero attached hydrogens (tertiary/aromatic N) is 1. The van der Waals surface area contributed by atoms with Crippen molar-refractivity contribution in [1.82, 2.24) is 4.90 Å². The average molecular weight is 332 g/mol. The minimum absolute atomic E-state index is 0. The van der Waals surface area contributed by atoms with Gasteiger partial charge in [0.2, 0.25) is 0 Å². The average Bonchev–Trinajstić information content (AvgIpc) is 2.46. The van der Waals surface area contributed by atoms with Crippen molar-refractivity contribution in [3.63, 3.8) is 0 Å². The van der Waals surface area contributed by atoms with Gasteiger partial charge in [-0.3, -0.25) is 0 Å². The Kier molecular flexibility index (Phi) is 5.74. The van der Waals surface area contributed by atoms with Gasteiger partial charge in [0.05, 0.1) is 0 Å². The van der Waals surface area contributed by atoms with Crippen LogP contribution in [0.4, 0.5) is 0 Å². The van der Waals surface area contributed by atoms with Gasteiger partial charge in [-0.25, -0.2) is 0 Å². The monoisotopic (exact) mass is 331 g/mol. The van der Waals surface area contributed by atoms with Crippen molar-refractivity contribution in [2.24, 2.45) is 0 Å². The molecule has 2 aromatic rings. The standard InChI is InChI=1S/C19H21NS.ClH/c1-14-10-11-19-17(13-14)15(8-6-12-20(2)3)16-7-4-5-9-18(16)21-19;/h4-5,7-11,13H,6,12H2,1-3H3;1H/b15-8+;. The molecule has 0 atom stereocenters. The van der Waals surface area contributed by atoms with Gasteiger partial charge in [-0.15, -0.1) is 12.4 Å². The fraction of sp³-hybridized carbons (Fsp3) is 0.263. The summed E-state index contributed by atoms with van der Waals surface area (Å²) in [6.07, 6.45) is 3.48. The first kappa shape index (κ1) is 17.1. The van der Waals surface area contributed by atoms with Crippen molar-refractivity contribution in [1.29, 1.82) is 0 Å². The predicted molar refractivity (Wildman–Crippen MR) is 99.2 cm³/mol. The van der Waals surface area contributed by atoms with Crippen molar-refractivity contribution in [2.75, 3.05) is 20.6 Å². The molecule has 0 spiro atoms. The van der Waals surface area contributed by atoms with Gasteiger partial charge in [0, 0.05) is 16.3 Å². The summed E-state index contributed by atoms with van der Waals surface area (Å²) < 4.78 is 0. The highest BCUT2D eigenvalue weighted by molar-refractivity contribution is 7.99. The van der Waals surface area contributed by atoms with E-state index in [4.69, 9.17) is 0 Å². The van der Waals surface area contributed by atoms with Crippen LogP contribution in [-0.4, -0.2) is 25.5 Å². The maximum atomic E-state index is 2.40. The van der Waals surface area contributed by atoms with E-state index >= 15 is 0 Å². The maximum Gasteiger partial charge on any atom is 0.0201 e. The van der Waals surface area contributed by atoms with Crippen LogP contribution >= 0.6 is 24.2 Å². The van der Waals surface area contributed by atoms with Gasteiger partial charge in [-0.05, 0) is 56.3 Å². The summed E-state index contributed by atoms with van der Waals surface area (Å²) in [6.45, 7) is 3.25. The van der Waals surface area contributed by atoms with E-state index in [0.29, 0.717) is 0 Å². The van der Waals surface area contributed by atoms with E-state index in [1.54, 1.807) is 0 Å². The Labute approximate surface area is 143 Å². The van der Waals surface area contributed by atoms with Crippen molar-refractivity contribution in [3.05, 3.63) is 65.2 Å². The Bertz CT molecular complexity index is 692. The zero-order valence-electron chi connectivity index (χ0n) is 13.3. The van der Waals surface area contributed by atoms with Gasteiger partial charge in [0.25, 0.3) is 0 Å². The van der Waals surface area contributed by atoms with E-state index in [9.17, 15) is 0 Å². The molecule has 0 saturated carbocycles. The van der Waals surface area contributed by atoms with Gasteiger partial charge >= 0.3 is 0 Å². The Morgan fingerprint density at radius 2 is 1.73 bits per heavy atom. The van der Waals surface area contributed by atoms with Gasteiger partial charge in [0.15, 0.2) is 0 Å². The molecule has 0 N–H and O–H groups in total. The third-order valence-corrected chi connectivity index (χ3v) is 4.90. The lowest BCUT2D eigenvalue weighted by Crippen LogP contribution is -2.12. The lowest BCUT2D eigenvalue weighted by Gasteiger charge is -2.23. The van der Waals surface area contributed by atoms with E-state index in [2.05, 4.69) is 74.5 Å². The summed E-state index contributed by atoms with van der Waals surface area (Å²) in [7, 11) is 4.25. The molecule has 1 aliphatic rings. The van der Waals surface area contributed by atoms with E-state index in [1.807, 2.05) is 11.8 Å². The molecule has 116 valence electrons. The van der Waals surface area contributed by atoms with E-state index in [-0.39, 0.29) is 12.4 Å². The quantitative estimate of drug-likeness (QED) is 0.643. The molecule has 0 saturated heterocycles. The smallest absolute Gasteiger partial charge is 0.0201 e. The second-order valence-electron chi connectivity index (χ2n) is 5.81. The fourth-order valence-electron chi connectivity index (χ4n) is 2.67. The number of rotatable bonds is 3. The minimum atomic E-state index is 0. The molecule has 22 heavy (non-hydrogen) atoms. The van der Waals surface area contributed by atoms with Crippen LogP contribution in [-0.2, 0) is 0 Å². The lowest BCUT2D eigenvalue weighted by molar-refractivity contribution is 0.417. The molecule has 0 radical (unpaired) electrons. The van der Waals surface area contributed by atoms with Crippen LogP contribution in [0.2, 0.25) is 0 Å². The van der Waals surface area contributed by atoms with Crippen molar-refractivity contribution < 1.29 is 0 Å². The van der Waals surface area contributed by atoms with Crippen molar-refractivity contribution >= 4 is 29.7 Å². The molecule has 0 aromatic heterocycles. The molecule has 0 aliphatic carbocycles. The molecule has 3 rings (SSSR count). The topological polar surface area (TPSA) is 3.24 Å². The van der Waals surface area contributed by atoms with Crippen molar-refractivity contribution in [2.45, 2.75) is 23.1 Å². The first-order valence-electron chi connectivity index (χ1n) is 7.38. The van der Waals surface area contributed by atoms with Crippen LogP contribution in [0.25, 0.3) is 5.57 Å². The molecule has 0 unspecified atom stereocenters. The normalized spacial score (nSPS) is 14.5. The Balaban J connectivity index is 0.00000176. The molecule has 1 heterocycles. The summed E-state index contributed by atoms with van der Waals surface area (Å²) >= 11 is 1.88. The summed E-state index contributed by atoms with van der Waals surface area (Å²) in [5.41, 5.74) is 5.48. The molecule has 0 bridgehead atoms. The highest BCUT2D eigenvalue weighted by Crippen LogP contribution is 2.45. The van der Waals surface area contributed by atoms with Gasteiger partial charge < -0.3 is 4.90 Å². The molecular weight excluding hydrogens is 310 g/mol. The Hall–Kier alpha value is -1.22. The SMILES string of the molecule is Cc1ccc2c(c1)/C(=C/CCN(C)C)c1ccccc1S2.Cl. The van der Waals surface area contributed by atoms with E-state index in [0.717, 1.165) is 13.0 Å². The highest BCUT2D eigenvalue weighted by Gasteiger charge is 2.20. The van der Waals surface area contributed by atoms with Crippen molar-refractivity contribution in [3.8, 4) is 0 Å². The third-order valence-electron chi connectivity index (χ3n) is 3.75. The number of hydrogen-bond acceptors (Lipinski definition) is 2. The maximum absolute atomic E-state index is 2.40. The van der Waals surface area contributed by atoms with Gasteiger partial charge in [0.1, 0.15) is 0 Å². The fourth-order valence-corrected chi connectivity index (χ4v) is 3.76. The molecule has 0 fully saturated rings. The second-order valence-corrected chi connectivity index (χ2v) is 6.89. The molecular formula is C19H22ClNS. The van der Waals surface area contributed by atoms with Crippen LogP contribution in [0, 0.1) is 6.92 Å². The molecule has 0 amide bonds. The zero-order valence-corrected chi connectivity index (χ0v) is 14.9. The van der Waals surface area contributed by atoms with Gasteiger partial charge in [-0.2, -0.15) is 0 Å². The molecule has 1 aliphatic heterocycles. The first-order chi connectivity index (χ1) is 10.1. The Morgan fingerprint density at radius 1 is 1.00 bits per heavy atom. The number of benzene rings is 2. The first-order valence-corrected chi connectivity index (χ1v) is 8.20. The van der Waals surface area contributed by atoms with Gasteiger partial charge in [-0.1, -0.05) is 53.7 Å². The number of hydrogen-bond donors (Lipinski definition) is 0. The largest absolute Gasteiger partial charge is 0.309 e. The minimum Gasteiger partial charge on any atom is -0.309 e. The van der Waals surface area contributed by atoms with Crippen LogP contribution in [0.1, 0.15) is 23.1 Å². The third kappa shape index (κ3) is 3.57. The molecule has 2 aromatic carbocycles. The zero-order chi connectivity index (χ0) is 14.8. The van der Waals surface area contributed by atoms with E-state index in [1.165, 1.54) is 32.1 Å². The summed E-state index contributed by atoms with van der Waals surface area (Å²) in [5.74, 6) is 0. The number of fused-ring (bicyclic) bond motifs is 2. The van der Waals surface area contributed by atoms with Crippen LogP contribution < -0.4 is 0 Å². The predicted octanol–water partition coefficient (Wildman–Crippen LogP) is 5.26. The van der Waals surface area contributed by atoms with E-state index < -0.39 is 0 Å². The Morgan fingerprint density at radius 3 is 2.50 bits per heavy atom. The molecule has 1 nitrogen and oxygen atoms in total. The number of aryl methyl sites for hydroxylation is 1. The summed E-state index contributed by atoms with van der Waals surface area (Å²) in [6, 6.07) is 15.5. The summed E-state index contributed by atoms with van der Waals surface area (Å²) in [5, 5.41) is 0. The lowest BCUT2D eigenvalue weighted by atomic mass is 9.95. The highest BCUT2D eigenvalue weighted by atomic mass is 35.5. The van der Waals surface area contributed by atoms with Crippen LogP contribution in [0.15, 0.2) is 58.3 Å². The molecule has 3 heteroatoms. The number of halogens is 1. The summed E-state index contributed by atoms with van der Waals surface area (Å²) in [4.78, 5) is 4.97. The van der Waals surface area contributed by atoms with Crippen LogP contribution in [0.3, 0.4) is 0 Å². The van der Waals surface area contributed by atoms with Crippen LogP contribution in [0.5, 0.6) is 0 Å². The second kappa shape index (κ2) is 7.36.